The molecule has 0 spiro atoms. The number of hydrogen-bond acceptors (Lipinski definition) is 10. The van der Waals surface area contributed by atoms with Crippen molar-refractivity contribution in [3.63, 3.8) is 0 Å². The van der Waals surface area contributed by atoms with Gasteiger partial charge in [-0.15, -0.1) is 0 Å². The monoisotopic (exact) mass is 1250 g/mol. The van der Waals surface area contributed by atoms with Gasteiger partial charge in [-0.1, -0.05) is 79.2 Å². The van der Waals surface area contributed by atoms with Gasteiger partial charge in [0.05, 0.1) is 22.5 Å². The highest BCUT2D eigenvalue weighted by molar-refractivity contribution is 7.92. The lowest BCUT2D eigenvalue weighted by Crippen LogP contribution is -2.41. The summed E-state index contributed by atoms with van der Waals surface area (Å²) in [4.78, 5) is 60.5. The summed E-state index contributed by atoms with van der Waals surface area (Å²) in [7, 11) is -7.86. The normalized spacial score (nSPS) is 14.7. The zero-order valence-electron chi connectivity index (χ0n) is 45.1. The lowest BCUT2D eigenvalue weighted by Gasteiger charge is -2.27. The molecule has 0 radical (unpaired) electrons. The van der Waals surface area contributed by atoms with Crippen LogP contribution in [0.1, 0.15) is 97.8 Å². The van der Waals surface area contributed by atoms with E-state index >= 15 is 0 Å². The summed E-state index contributed by atoms with van der Waals surface area (Å²) in [5, 5.41) is 21.8. The summed E-state index contributed by atoms with van der Waals surface area (Å²) in [6.45, 7) is 5.02. The van der Waals surface area contributed by atoms with Gasteiger partial charge in [-0.05, 0) is 158 Å². The maximum atomic E-state index is 13.6. The van der Waals surface area contributed by atoms with E-state index in [0.717, 1.165) is 22.2 Å². The lowest BCUT2D eigenvalue weighted by molar-refractivity contribution is 0.0686. The van der Waals surface area contributed by atoms with E-state index in [1.165, 1.54) is 45.0 Å². The Balaban J connectivity index is 0.000000341. The van der Waals surface area contributed by atoms with Gasteiger partial charge in [0.25, 0.3) is 11.8 Å². The predicted octanol–water partition coefficient (Wildman–Crippen LogP) is 11.8. The number of benzene rings is 6. The van der Waals surface area contributed by atoms with Crippen LogP contribution in [-0.4, -0.2) is 119 Å². The molecule has 85 heavy (non-hydrogen) atoms. The van der Waals surface area contributed by atoms with E-state index in [-0.39, 0.29) is 62.5 Å². The highest BCUT2D eigenvalue weighted by Gasteiger charge is 2.38. The Labute approximate surface area is 500 Å². The second kappa shape index (κ2) is 32.7. The van der Waals surface area contributed by atoms with E-state index in [1.807, 2.05) is 13.8 Å². The van der Waals surface area contributed by atoms with Crippen molar-refractivity contribution in [1.29, 1.82) is 0 Å². The number of likely N-dealkylation sites (tertiary alicyclic amines) is 2. The Morgan fingerprint density at radius 2 is 0.859 bits per heavy atom. The number of carboxylic acid groups (broad SMARTS) is 2. The third-order valence-corrected chi connectivity index (χ3v) is 16.5. The van der Waals surface area contributed by atoms with Crippen molar-refractivity contribution in [3.05, 3.63) is 211 Å². The fraction of sp³-hybridized carbons (Fsp3) is 0.220. The number of carboxylic acids is 2. The van der Waals surface area contributed by atoms with Gasteiger partial charge in [-0.3, -0.25) is 14.6 Å². The largest absolute Gasteiger partial charge is 0.478 e. The number of guanidine groups is 1. The number of carbonyl (C=O) groups excluding carboxylic acids is 2. The van der Waals surface area contributed by atoms with Crippen LogP contribution >= 0.6 is 23.2 Å². The zero-order valence-corrected chi connectivity index (χ0v) is 48.2. The van der Waals surface area contributed by atoms with Gasteiger partial charge in [0.15, 0.2) is 5.96 Å². The topological polar surface area (TPSA) is 267 Å². The Kier molecular flexibility index (Phi) is 26.6. The molecular weight excluding hydrogens is 1190 g/mol. The van der Waals surface area contributed by atoms with Crippen LogP contribution < -0.4 is 11.5 Å². The maximum Gasteiger partial charge on any atom is 0.335 e. The highest BCUT2D eigenvalue weighted by atomic mass is 35.5. The molecule has 8 rings (SSSR count). The molecule has 18 nitrogen and oxygen atoms in total. The Bertz CT molecular complexity index is 3330. The van der Waals surface area contributed by atoms with Crippen LogP contribution in [0.4, 0.5) is 29.7 Å². The molecule has 6 aromatic carbocycles. The van der Waals surface area contributed by atoms with Crippen LogP contribution in [0.3, 0.4) is 0 Å². The molecule has 0 bridgehead atoms. The molecule has 2 unspecified atom stereocenters. The number of rotatable bonds is 18. The molecular formula is C59H62Cl2F4N8O10S2. The minimum absolute atomic E-state index is 0. The van der Waals surface area contributed by atoms with Gasteiger partial charge < -0.3 is 31.5 Å². The first-order chi connectivity index (χ1) is 40.0. The average molecular weight is 1250 g/mol. The Hall–Kier alpha value is -8.26. The van der Waals surface area contributed by atoms with Crippen molar-refractivity contribution in [3.8, 4) is 0 Å². The number of aromatic carboxylic acids is 2. The minimum Gasteiger partial charge on any atom is -0.478 e. The number of nitrogens with zero attached hydrogens (tertiary/aromatic N) is 6. The lowest BCUT2D eigenvalue weighted by atomic mass is 10.1. The molecule has 6 N–H and O–H groups in total. The zero-order chi connectivity index (χ0) is 61.7. The standard InChI is InChI=1S/C30H30ClN3O5S.C28H28ClN5O5S.CH4.2F2/c1-21(2)32-27-13-9-24(10-14-27)29(35)33-17-15-28(20-33)34(19-23-3-7-25(8-4-23)30(36)37)40(38,39)18-16-22-5-11-26(31)12-6-22;29-23-9-3-19(4-10-23)14-16-40(38,39)34(17-20-1-5-22(6-2-20)27(36)37)25-13-15-33(18-25)26(35)21-7-11-24(12-8-21)32-28(30)31;;2*1-2/h3-14,16,18,28H,15,17,19-20H2,1-2H3,(H,36,37);1-12,14,16,25H,13,15,17-18H2,(H,36,37)(H4,30,31,32);1H4;;/b18-16+;16-14+;;;. The number of amides is 2. The van der Waals surface area contributed by atoms with Gasteiger partial charge in [0, 0.05) is 107 Å². The van der Waals surface area contributed by atoms with Gasteiger partial charge in [-0.2, -0.15) is 8.61 Å². The Morgan fingerprint density at radius 3 is 1.16 bits per heavy atom. The van der Waals surface area contributed by atoms with Crippen LogP contribution in [0, 0.1) is 0 Å². The first kappa shape index (κ1) is 69.2. The van der Waals surface area contributed by atoms with Crippen molar-refractivity contribution in [2.75, 3.05) is 26.2 Å². The minimum atomic E-state index is -3.94. The van der Waals surface area contributed by atoms with Crippen molar-refractivity contribution < 1.29 is 64.5 Å². The summed E-state index contributed by atoms with van der Waals surface area (Å²) < 4.78 is 89.1. The molecule has 2 aliphatic rings. The van der Waals surface area contributed by atoms with Crippen molar-refractivity contribution in [1.82, 2.24) is 18.4 Å². The van der Waals surface area contributed by atoms with Crippen LogP contribution in [0.25, 0.3) is 12.2 Å². The summed E-state index contributed by atoms with van der Waals surface area (Å²) in [6.07, 6.45) is 3.89. The van der Waals surface area contributed by atoms with E-state index in [2.05, 4.69) is 9.98 Å². The van der Waals surface area contributed by atoms with Gasteiger partial charge >= 0.3 is 11.9 Å². The molecule has 6 aromatic rings. The fourth-order valence-corrected chi connectivity index (χ4v) is 11.9. The smallest absolute Gasteiger partial charge is 0.335 e. The molecule has 2 atom stereocenters. The van der Waals surface area contributed by atoms with Gasteiger partial charge in [0.2, 0.25) is 20.0 Å². The molecule has 2 amide bonds. The number of aliphatic imine (C=N–C) groups is 2. The van der Waals surface area contributed by atoms with E-state index in [4.69, 9.17) is 53.0 Å². The molecule has 26 heteroatoms. The van der Waals surface area contributed by atoms with Crippen LogP contribution in [0.5, 0.6) is 0 Å². The molecule has 0 aromatic heterocycles. The van der Waals surface area contributed by atoms with Crippen LogP contribution in [0.2, 0.25) is 10.0 Å². The molecule has 0 aliphatic carbocycles. The van der Waals surface area contributed by atoms with E-state index < -0.39 is 44.1 Å². The predicted molar refractivity (Wildman–Crippen MR) is 323 cm³/mol. The fourth-order valence-electron chi connectivity index (χ4n) is 8.80. The third kappa shape index (κ3) is 20.5. The highest BCUT2D eigenvalue weighted by Crippen LogP contribution is 2.28. The van der Waals surface area contributed by atoms with E-state index in [0.29, 0.717) is 75.0 Å². The van der Waals surface area contributed by atoms with Gasteiger partial charge in [0.1, 0.15) is 0 Å². The number of sulfonamides is 2. The summed E-state index contributed by atoms with van der Waals surface area (Å²) in [5.74, 6) is -2.63. The quantitative estimate of drug-likeness (QED) is 0.0356. The maximum absolute atomic E-state index is 13.6. The number of hydrogen-bond donors (Lipinski definition) is 4. The third-order valence-electron chi connectivity index (χ3n) is 12.9. The van der Waals surface area contributed by atoms with Crippen LogP contribution in [0.15, 0.2) is 166 Å². The van der Waals surface area contributed by atoms with E-state index in [9.17, 15) is 46.2 Å². The number of carbonyl (C=O) groups is 4. The number of nitrogens with two attached hydrogens (primary N) is 2. The van der Waals surface area contributed by atoms with E-state index in [1.54, 1.807) is 131 Å². The molecule has 2 saturated heterocycles. The summed E-state index contributed by atoms with van der Waals surface area (Å²) in [6, 6.07) is 38.2. The average Bonchev–Trinajstić information content (AvgIpc) is 4.10. The summed E-state index contributed by atoms with van der Waals surface area (Å²) >= 11 is 11.9. The molecule has 2 fully saturated rings. The van der Waals surface area contributed by atoms with Gasteiger partial charge in [-0.25, -0.2) is 31.4 Å². The SMILES string of the molecule is C.CC(C)=Nc1ccc(C(=O)N2CCC(N(Cc3ccc(C(=O)O)cc3)S(=O)(=O)/C=C/c3ccc(Cl)cc3)C2)cc1.FF.FF.NC(N)=Nc1ccc(C(=O)N2CCC(N(Cc3ccc(C(=O)O)cc3)S(=O)(=O)/C=C/c3ccc(Cl)cc3)C2)cc1. The first-order valence-corrected chi connectivity index (χ1v) is 29.0. The van der Waals surface area contributed by atoms with Crippen molar-refractivity contribution in [2.24, 2.45) is 21.5 Å². The first-order valence-electron chi connectivity index (χ1n) is 25.3. The second-order valence-electron chi connectivity index (χ2n) is 19.0. The molecule has 0 saturated carbocycles. The number of halogens is 6. The molecule has 2 heterocycles. The molecule has 452 valence electrons. The van der Waals surface area contributed by atoms with Crippen molar-refractivity contribution >= 4 is 102 Å². The summed E-state index contributed by atoms with van der Waals surface area (Å²) in [5.41, 5.74) is 16.7. The second-order valence-corrected chi connectivity index (χ2v) is 23.4. The van der Waals surface area contributed by atoms with Crippen LogP contribution in [-0.2, 0) is 33.1 Å². The Morgan fingerprint density at radius 1 is 0.541 bits per heavy atom. The molecule has 2 aliphatic heterocycles. The van der Waals surface area contributed by atoms with Crippen molar-refractivity contribution in [2.45, 2.75) is 59.3 Å².